The highest BCUT2D eigenvalue weighted by atomic mass is 16.5. The number of carbonyl (C=O) groups is 1. The molecule has 1 aromatic heterocycles. The molecule has 0 saturated carbocycles. The molecule has 96 valence electrons. The van der Waals surface area contributed by atoms with Crippen LogP contribution in [0.25, 0.3) is 21.8 Å². The van der Waals surface area contributed by atoms with E-state index in [2.05, 4.69) is 4.98 Å². The summed E-state index contributed by atoms with van der Waals surface area (Å²) in [7, 11) is 3.19. The van der Waals surface area contributed by atoms with E-state index >= 15 is 0 Å². The van der Waals surface area contributed by atoms with Gasteiger partial charge in [-0.2, -0.15) is 0 Å². The van der Waals surface area contributed by atoms with Crippen molar-refractivity contribution < 1.29 is 14.3 Å². The molecule has 0 aliphatic heterocycles. The first-order valence-electron chi connectivity index (χ1n) is 5.89. The Morgan fingerprint density at radius 3 is 2.47 bits per heavy atom. The van der Waals surface area contributed by atoms with Crippen molar-refractivity contribution in [3.63, 3.8) is 0 Å². The van der Waals surface area contributed by atoms with Gasteiger partial charge in [-0.05, 0) is 24.3 Å². The van der Waals surface area contributed by atoms with Crippen LogP contribution in [0.3, 0.4) is 0 Å². The highest BCUT2D eigenvalue weighted by Crippen LogP contribution is 2.32. The summed E-state index contributed by atoms with van der Waals surface area (Å²) in [5.41, 5.74) is 2.48. The monoisotopic (exact) mass is 255 g/mol. The highest BCUT2D eigenvalue weighted by Gasteiger charge is 2.10. The summed E-state index contributed by atoms with van der Waals surface area (Å²) in [6.45, 7) is 0. The molecule has 0 aliphatic rings. The zero-order chi connectivity index (χ0) is 13.4. The Morgan fingerprint density at radius 2 is 1.79 bits per heavy atom. The van der Waals surface area contributed by atoms with Crippen molar-refractivity contribution in [1.29, 1.82) is 0 Å². The van der Waals surface area contributed by atoms with Crippen LogP contribution in [0.4, 0.5) is 0 Å². The fourth-order valence-electron chi connectivity index (χ4n) is 2.32. The van der Waals surface area contributed by atoms with Gasteiger partial charge in [0.2, 0.25) is 0 Å². The van der Waals surface area contributed by atoms with E-state index in [1.165, 1.54) is 0 Å². The second kappa shape index (κ2) is 4.31. The lowest BCUT2D eigenvalue weighted by atomic mass is 10.1. The van der Waals surface area contributed by atoms with Crippen molar-refractivity contribution in [3.8, 4) is 11.5 Å². The predicted molar refractivity (Wildman–Crippen MR) is 74.3 cm³/mol. The number of hydrogen-bond acceptors (Lipinski definition) is 3. The summed E-state index contributed by atoms with van der Waals surface area (Å²) in [5, 5.41) is 2.01. The lowest BCUT2D eigenvalue weighted by Gasteiger charge is -2.03. The molecule has 0 aliphatic carbocycles. The molecule has 1 heterocycles. The number of hydrogen-bond donors (Lipinski definition) is 1. The highest BCUT2D eigenvalue weighted by molar-refractivity contribution is 6.09. The van der Waals surface area contributed by atoms with E-state index in [1.54, 1.807) is 14.2 Å². The number of aromatic amines is 1. The summed E-state index contributed by atoms with van der Waals surface area (Å²) >= 11 is 0. The van der Waals surface area contributed by atoms with Gasteiger partial charge < -0.3 is 14.5 Å². The van der Waals surface area contributed by atoms with E-state index < -0.39 is 0 Å². The van der Waals surface area contributed by atoms with Gasteiger partial charge in [0.05, 0.1) is 25.3 Å². The molecule has 0 unspecified atom stereocenters. The number of benzene rings is 2. The van der Waals surface area contributed by atoms with Crippen molar-refractivity contribution in [2.45, 2.75) is 0 Å². The molecule has 2 aromatic carbocycles. The molecule has 0 radical (unpaired) electrons. The van der Waals surface area contributed by atoms with E-state index in [9.17, 15) is 4.79 Å². The molecule has 0 spiro atoms. The molecule has 0 bridgehead atoms. The van der Waals surface area contributed by atoms with Crippen LogP contribution < -0.4 is 9.47 Å². The third-order valence-electron chi connectivity index (χ3n) is 3.28. The average Bonchev–Trinajstić information content (AvgIpc) is 2.82. The smallest absolute Gasteiger partial charge is 0.153 e. The molecule has 0 fully saturated rings. The molecule has 1 N–H and O–H groups in total. The first kappa shape index (κ1) is 11.6. The summed E-state index contributed by atoms with van der Waals surface area (Å²) in [4.78, 5) is 14.4. The summed E-state index contributed by atoms with van der Waals surface area (Å²) < 4.78 is 10.4. The normalized spacial score (nSPS) is 10.8. The summed E-state index contributed by atoms with van der Waals surface area (Å²) in [5.74, 6) is 1.36. The van der Waals surface area contributed by atoms with E-state index in [0.29, 0.717) is 11.3 Å². The lowest BCUT2D eigenvalue weighted by molar-refractivity contribution is 0.112. The molecule has 19 heavy (non-hydrogen) atoms. The molecule has 3 aromatic rings. The molecule has 0 saturated heterocycles. The van der Waals surface area contributed by atoms with E-state index in [0.717, 1.165) is 33.8 Å². The quantitative estimate of drug-likeness (QED) is 0.731. The van der Waals surface area contributed by atoms with Gasteiger partial charge in [-0.1, -0.05) is 0 Å². The van der Waals surface area contributed by atoms with Crippen molar-refractivity contribution in [1.82, 2.24) is 4.98 Å². The van der Waals surface area contributed by atoms with Gasteiger partial charge in [0, 0.05) is 22.4 Å². The Kier molecular flexibility index (Phi) is 2.63. The number of H-pyrrole nitrogens is 1. The van der Waals surface area contributed by atoms with Gasteiger partial charge >= 0.3 is 0 Å². The Bertz CT molecular complexity index is 774. The Hall–Kier alpha value is -2.49. The number of rotatable bonds is 3. The Labute approximate surface area is 109 Å². The zero-order valence-corrected chi connectivity index (χ0v) is 10.7. The molecule has 4 heteroatoms. The van der Waals surface area contributed by atoms with Crippen molar-refractivity contribution >= 4 is 28.1 Å². The van der Waals surface area contributed by atoms with Crippen LogP contribution in [-0.2, 0) is 0 Å². The second-order valence-electron chi connectivity index (χ2n) is 4.29. The van der Waals surface area contributed by atoms with Crippen molar-refractivity contribution in [2.75, 3.05) is 14.2 Å². The van der Waals surface area contributed by atoms with E-state index in [1.807, 2.05) is 30.3 Å². The third kappa shape index (κ3) is 1.73. The largest absolute Gasteiger partial charge is 0.497 e. The SMILES string of the molecule is COc1ccc2[nH]c3cc(OC)c(C=O)cc3c2c1. The van der Waals surface area contributed by atoms with E-state index in [4.69, 9.17) is 9.47 Å². The number of carbonyl (C=O) groups excluding carboxylic acids is 1. The molecule has 4 nitrogen and oxygen atoms in total. The average molecular weight is 255 g/mol. The third-order valence-corrected chi connectivity index (χ3v) is 3.28. The summed E-state index contributed by atoms with van der Waals surface area (Å²) in [6, 6.07) is 9.48. The number of aromatic nitrogens is 1. The maximum absolute atomic E-state index is 11.1. The van der Waals surface area contributed by atoms with Crippen LogP contribution in [0.5, 0.6) is 11.5 Å². The van der Waals surface area contributed by atoms with Gasteiger partial charge in [-0.25, -0.2) is 0 Å². The van der Waals surface area contributed by atoms with Gasteiger partial charge in [-0.3, -0.25) is 4.79 Å². The van der Waals surface area contributed by atoms with Gasteiger partial charge in [0.25, 0.3) is 0 Å². The van der Waals surface area contributed by atoms with Gasteiger partial charge in [-0.15, -0.1) is 0 Å². The van der Waals surface area contributed by atoms with Crippen LogP contribution in [0.15, 0.2) is 30.3 Å². The number of fused-ring (bicyclic) bond motifs is 3. The lowest BCUT2D eigenvalue weighted by Crippen LogP contribution is -1.89. The zero-order valence-electron chi connectivity index (χ0n) is 10.7. The minimum atomic E-state index is 0.540. The van der Waals surface area contributed by atoms with Crippen LogP contribution >= 0.6 is 0 Å². The number of aldehydes is 1. The molecular weight excluding hydrogens is 242 g/mol. The molecule has 0 atom stereocenters. The van der Waals surface area contributed by atoms with Crippen molar-refractivity contribution in [2.24, 2.45) is 0 Å². The van der Waals surface area contributed by atoms with Crippen LogP contribution in [0.2, 0.25) is 0 Å². The topological polar surface area (TPSA) is 51.3 Å². The maximum atomic E-state index is 11.1. The number of ether oxygens (including phenoxy) is 2. The van der Waals surface area contributed by atoms with Crippen molar-refractivity contribution in [3.05, 3.63) is 35.9 Å². The standard InChI is InChI=1S/C15H13NO3/c1-18-10-3-4-13-12(6-10)11-5-9(8-17)15(19-2)7-14(11)16-13/h3-8,16H,1-2H3. The van der Waals surface area contributed by atoms with Gasteiger partial charge in [0.15, 0.2) is 6.29 Å². The Morgan fingerprint density at radius 1 is 1.00 bits per heavy atom. The fraction of sp³-hybridized carbons (Fsp3) is 0.133. The maximum Gasteiger partial charge on any atom is 0.153 e. The Balaban J connectivity index is 2.39. The van der Waals surface area contributed by atoms with E-state index in [-0.39, 0.29) is 0 Å². The minimum absolute atomic E-state index is 0.540. The minimum Gasteiger partial charge on any atom is -0.497 e. The van der Waals surface area contributed by atoms with Gasteiger partial charge in [0.1, 0.15) is 11.5 Å². The number of methoxy groups -OCH3 is 2. The second-order valence-corrected chi connectivity index (χ2v) is 4.29. The van der Waals surface area contributed by atoms with Crippen LogP contribution in [0, 0.1) is 0 Å². The summed E-state index contributed by atoms with van der Waals surface area (Å²) in [6.07, 6.45) is 0.803. The van der Waals surface area contributed by atoms with Crippen LogP contribution in [0.1, 0.15) is 10.4 Å². The molecule has 3 rings (SSSR count). The first-order valence-corrected chi connectivity index (χ1v) is 5.89. The fourth-order valence-corrected chi connectivity index (χ4v) is 2.32. The molecular formula is C15H13NO3. The molecule has 0 amide bonds. The number of nitrogens with one attached hydrogen (secondary N) is 1. The first-order chi connectivity index (χ1) is 9.26. The van der Waals surface area contributed by atoms with Crippen LogP contribution in [-0.4, -0.2) is 25.5 Å². The predicted octanol–water partition coefficient (Wildman–Crippen LogP) is 3.15.